The summed E-state index contributed by atoms with van der Waals surface area (Å²) in [7, 11) is 0. The Morgan fingerprint density at radius 2 is 1.96 bits per heavy atom. The number of hydrogen-bond donors (Lipinski definition) is 1. The van der Waals surface area contributed by atoms with Gasteiger partial charge < -0.3 is 5.32 Å². The Morgan fingerprint density at radius 3 is 2.71 bits per heavy atom. The van der Waals surface area contributed by atoms with Gasteiger partial charge in [-0.1, -0.05) is 30.3 Å². The summed E-state index contributed by atoms with van der Waals surface area (Å²) in [6.45, 7) is 8.21. The highest BCUT2D eigenvalue weighted by Crippen LogP contribution is 2.24. The maximum absolute atomic E-state index is 12.7. The number of rotatable bonds is 5. The smallest absolute Gasteiger partial charge is 0.253 e. The highest BCUT2D eigenvalue weighted by atomic mass is 16.1. The number of fused-ring (bicyclic) bond motifs is 1. The van der Waals surface area contributed by atoms with Crippen molar-refractivity contribution in [2.75, 3.05) is 13.1 Å². The molecule has 1 fully saturated rings. The minimum absolute atomic E-state index is 0.0640. The van der Waals surface area contributed by atoms with Gasteiger partial charge in [0.05, 0.1) is 11.8 Å². The second kappa shape index (κ2) is 7.72. The van der Waals surface area contributed by atoms with E-state index >= 15 is 0 Å². The number of nitrogens with zero attached hydrogens (tertiary/aromatic N) is 4. The summed E-state index contributed by atoms with van der Waals surface area (Å²) in [4.78, 5) is 19.6. The first-order valence-corrected chi connectivity index (χ1v) is 9.96. The first kappa shape index (κ1) is 18.6. The fraction of sp³-hybridized carbons (Fsp3) is 0.409. The topological polar surface area (TPSA) is 63.1 Å². The number of pyridine rings is 1. The number of amides is 1. The molecular weight excluding hydrogens is 350 g/mol. The Labute approximate surface area is 165 Å². The molecule has 1 aliphatic rings. The van der Waals surface area contributed by atoms with Crippen LogP contribution in [0.2, 0.25) is 0 Å². The maximum Gasteiger partial charge on any atom is 0.253 e. The molecule has 6 heteroatoms. The van der Waals surface area contributed by atoms with E-state index in [9.17, 15) is 4.79 Å². The number of hydrogen-bond acceptors (Lipinski definition) is 4. The van der Waals surface area contributed by atoms with Crippen LogP contribution in [0, 0.1) is 0 Å². The van der Waals surface area contributed by atoms with Crippen molar-refractivity contribution in [3.8, 4) is 0 Å². The first-order valence-electron chi connectivity index (χ1n) is 9.96. The third kappa shape index (κ3) is 3.64. The molecule has 1 aliphatic heterocycles. The van der Waals surface area contributed by atoms with Crippen LogP contribution in [-0.2, 0) is 0 Å². The Morgan fingerprint density at radius 1 is 1.18 bits per heavy atom. The summed E-state index contributed by atoms with van der Waals surface area (Å²) in [5, 5.41) is 8.45. The van der Waals surface area contributed by atoms with Crippen LogP contribution in [0.5, 0.6) is 0 Å². The molecule has 1 N–H and O–H groups in total. The second-order valence-corrected chi connectivity index (χ2v) is 7.86. The Hall–Kier alpha value is -2.73. The maximum atomic E-state index is 12.7. The van der Waals surface area contributed by atoms with E-state index in [0.717, 1.165) is 30.5 Å². The molecule has 0 radical (unpaired) electrons. The molecule has 0 saturated carbocycles. The van der Waals surface area contributed by atoms with Crippen LogP contribution in [0.15, 0.2) is 48.8 Å². The second-order valence-electron chi connectivity index (χ2n) is 7.86. The third-order valence-corrected chi connectivity index (χ3v) is 5.57. The fourth-order valence-electron chi connectivity index (χ4n) is 3.91. The van der Waals surface area contributed by atoms with Crippen molar-refractivity contribution in [1.29, 1.82) is 0 Å². The number of carbonyl (C=O) groups excluding carboxylic acids is 1. The van der Waals surface area contributed by atoms with Crippen LogP contribution in [-0.4, -0.2) is 44.7 Å². The standard InChI is InChI=1S/C22H27N5O/c1-15(2)27-21-18(13-24-27)11-19(12-23-21)22(28)25-20-9-10-26(14-20)16(3)17-7-5-4-6-8-17/h4-8,11-13,15-16,20H,9-10,14H2,1-3H3,(H,25,28). The zero-order valence-electron chi connectivity index (χ0n) is 16.7. The molecule has 146 valence electrons. The summed E-state index contributed by atoms with van der Waals surface area (Å²) in [6.07, 6.45) is 4.39. The average molecular weight is 377 g/mol. The minimum Gasteiger partial charge on any atom is -0.348 e. The van der Waals surface area contributed by atoms with Crippen LogP contribution in [0.1, 0.15) is 55.2 Å². The van der Waals surface area contributed by atoms with Crippen LogP contribution < -0.4 is 5.32 Å². The Bertz CT molecular complexity index is 965. The van der Waals surface area contributed by atoms with E-state index < -0.39 is 0 Å². The van der Waals surface area contributed by atoms with Crippen LogP contribution >= 0.6 is 0 Å². The summed E-state index contributed by atoms with van der Waals surface area (Å²) in [5.74, 6) is -0.0640. The van der Waals surface area contributed by atoms with E-state index in [1.807, 2.05) is 16.8 Å². The van der Waals surface area contributed by atoms with Gasteiger partial charge in [0.25, 0.3) is 5.91 Å². The normalized spacial score (nSPS) is 18.6. The van der Waals surface area contributed by atoms with Gasteiger partial charge in [0, 0.05) is 42.8 Å². The van der Waals surface area contributed by atoms with Gasteiger partial charge in [0.15, 0.2) is 5.65 Å². The number of benzene rings is 1. The molecule has 4 rings (SSSR count). The van der Waals surface area contributed by atoms with Crippen molar-refractivity contribution in [3.05, 3.63) is 59.9 Å². The van der Waals surface area contributed by atoms with Crippen molar-refractivity contribution >= 4 is 16.9 Å². The van der Waals surface area contributed by atoms with Gasteiger partial charge in [-0.3, -0.25) is 9.69 Å². The summed E-state index contributed by atoms with van der Waals surface area (Å²) in [5.41, 5.74) is 2.71. The van der Waals surface area contributed by atoms with E-state index in [0.29, 0.717) is 11.6 Å². The average Bonchev–Trinajstić information content (AvgIpc) is 3.34. The van der Waals surface area contributed by atoms with Crippen LogP contribution in [0.4, 0.5) is 0 Å². The monoisotopic (exact) mass is 377 g/mol. The van der Waals surface area contributed by atoms with Crippen molar-refractivity contribution in [1.82, 2.24) is 25.0 Å². The van der Waals surface area contributed by atoms with Crippen LogP contribution in [0.25, 0.3) is 11.0 Å². The SMILES string of the molecule is CC(c1ccccc1)N1CCC(NC(=O)c2cnc3c(cnn3C(C)C)c2)C1. The predicted octanol–water partition coefficient (Wildman–Crippen LogP) is 3.58. The lowest BCUT2D eigenvalue weighted by Gasteiger charge is -2.24. The molecule has 1 aromatic carbocycles. The number of nitrogens with one attached hydrogen (secondary N) is 1. The van der Waals surface area contributed by atoms with Crippen molar-refractivity contribution in [2.45, 2.75) is 45.3 Å². The Kier molecular flexibility index (Phi) is 5.13. The Balaban J connectivity index is 1.41. The van der Waals surface area contributed by atoms with E-state index in [-0.39, 0.29) is 18.0 Å². The van der Waals surface area contributed by atoms with Gasteiger partial charge in [0.2, 0.25) is 0 Å². The summed E-state index contributed by atoms with van der Waals surface area (Å²) in [6, 6.07) is 13.1. The number of aromatic nitrogens is 3. The highest BCUT2D eigenvalue weighted by molar-refractivity contribution is 5.97. The third-order valence-electron chi connectivity index (χ3n) is 5.57. The largest absolute Gasteiger partial charge is 0.348 e. The molecule has 28 heavy (non-hydrogen) atoms. The van der Waals surface area contributed by atoms with Gasteiger partial charge in [-0.2, -0.15) is 5.10 Å². The van der Waals surface area contributed by atoms with Crippen molar-refractivity contribution in [3.63, 3.8) is 0 Å². The number of likely N-dealkylation sites (tertiary alicyclic amines) is 1. The molecule has 0 bridgehead atoms. The van der Waals surface area contributed by atoms with E-state index in [4.69, 9.17) is 0 Å². The molecule has 2 unspecified atom stereocenters. The molecule has 3 aromatic rings. The van der Waals surface area contributed by atoms with Gasteiger partial charge >= 0.3 is 0 Å². The van der Waals surface area contributed by atoms with Gasteiger partial charge in [-0.15, -0.1) is 0 Å². The quantitative estimate of drug-likeness (QED) is 0.738. The molecule has 0 spiro atoms. The molecular formula is C22H27N5O. The first-order chi connectivity index (χ1) is 13.5. The molecule has 6 nitrogen and oxygen atoms in total. The van der Waals surface area contributed by atoms with E-state index in [1.54, 1.807) is 12.4 Å². The lowest BCUT2D eigenvalue weighted by atomic mass is 10.1. The molecule has 1 amide bonds. The molecule has 2 aromatic heterocycles. The van der Waals surface area contributed by atoms with Gasteiger partial charge in [0.1, 0.15) is 0 Å². The summed E-state index contributed by atoms with van der Waals surface area (Å²) < 4.78 is 1.87. The molecule has 2 atom stereocenters. The zero-order chi connectivity index (χ0) is 19.7. The van der Waals surface area contributed by atoms with Gasteiger partial charge in [-0.25, -0.2) is 9.67 Å². The lowest BCUT2D eigenvalue weighted by molar-refractivity contribution is 0.0936. The molecule has 3 heterocycles. The minimum atomic E-state index is -0.0640. The summed E-state index contributed by atoms with van der Waals surface area (Å²) >= 11 is 0. The van der Waals surface area contributed by atoms with E-state index in [1.165, 1.54) is 5.56 Å². The van der Waals surface area contributed by atoms with Crippen molar-refractivity contribution in [2.24, 2.45) is 0 Å². The fourth-order valence-corrected chi connectivity index (χ4v) is 3.91. The predicted molar refractivity (Wildman–Crippen MR) is 110 cm³/mol. The van der Waals surface area contributed by atoms with E-state index in [2.05, 4.69) is 65.3 Å². The molecule has 0 aliphatic carbocycles. The highest BCUT2D eigenvalue weighted by Gasteiger charge is 2.28. The van der Waals surface area contributed by atoms with Gasteiger partial charge in [-0.05, 0) is 38.8 Å². The zero-order valence-corrected chi connectivity index (χ0v) is 16.7. The molecule has 1 saturated heterocycles. The van der Waals surface area contributed by atoms with Crippen LogP contribution in [0.3, 0.4) is 0 Å². The van der Waals surface area contributed by atoms with Crippen molar-refractivity contribution < 1.29 is 4.79 Å². The lowest BCUT2D eigenvalue weighted by Crippen LogP contribution is -2.37. The number of carbonyl (C=O) groups is 1.